The van der Waals surface area contributed by atoms with E-state index in [1.165, 1.54) is 0 Å². The number of fused-ring (bicyclic) bond motifs is 1. The molecule has 1 aliphatic heterocycles. The second-order valence-electron chi connectivity index (χ2n) is 5.18. The molecule has 1 N–H and O–H groups in total. The Morgan fingerprint density at radius 1 is 1.19 bits per heavy atom. The summed E-state index contributed by atoms with van der Waals surface area (Å²) in [4.78, 5) is 12.2. The van der Waals surface area contributed by atoms with E-state index in [2.05, 4.69) is 5.32 Å². The van der Waals surface area contributed by atoms with Crippen LogP contribution in [-0.2, 0) is 11.2 Å². The maximum Gasteiger partial charge on any atom is 0.265 e. The third-order valence-corrected chi connectivity index (χ3v) is 3.67. The van der Waals surface area contributed by atoms with Crippen LogP contribution in [0, 0.1) is 12.7 Å². The van der Waals surface area contributed by atoms with Crippen LogP contribution in [0.2, 0.25) is 0 Å². The molecule has 108 valence electrons. The maximum atomic E-state index is 14.0. The highest BCUT2D eigenvalue weighted by Gasteiger charge is 2.26. The predicted octanol–water partition coefficient (Wildman–Crippen LogP) is 3.47. The first-order valence-electron chi connectivity index (χ1n) is 6.95. The van der Waals surface area contributed by atoms with Gasteiger partial charge in [0.15, 0.2) is 17.7 Å². The summed E-state index contributed by atoms with van der Waals surface area (Å²) in [5.41, 5.74) is 2.38. The average molecular weight is 285 g/mol. The van der Waals surface area contributed by atoms with E-state index in [0.717, 1.165) is 11.3 Å². The van der Waals surface area contributed by atoms with Crippen molar-refractivity contribution in [2.75, 3.05) is 5.32 Å². The van der Waals surface area contributed by atoms with Gasteiger partial charge in [-0.15, -0.1) is 0 Å². The smallest absolute Gasteiger partial charge is 0.265 e. The SMILES string of the molecule is Cc1cccc(OC2CCc3ccccc3NC2=O)c1F. The van der Waals surface area contributed by atoms with Crippen molar-refractivity contribution in [3.8, 4) is 5.75 Å². The lowest BCUT2D eigenvalue weighted by Gasteiger charge is -2.16. The molecule has 0 saturated heterocycles. The summed E-state index contributed by atoms with van der Waals surface area (Å²) < 4.78 is 19.6. The van der Waals surface area contributed by atoms with Gasteiger partial charge < -0.3 is 10.1 Å². The molecule has 1 heterocycles. The van der Waals surface area contributed by atoms with Crippen LogP contribution < -0.4 is 10.1 Å². The fourth-order valence-electron chi connectivity index (χ4n) is 2.47. The third-order valence-electron chi connectivity index (χ3n) is 3.67. The van der Waals surface area contributed by atoms with Gasteiger partial charge in [0.1, 0.15) is 0 Å². The molecule has 3 rings (SSSR count). The summed E-state index contributed by atoms with van der Waals surface area (Å²) in [6, 6.07) is 12.6. The normalized spacial score (nSPS) is 17.6. The number of hydrogen-bond donors (Lipinski definition) is 1. The molecule has 21 heavy (non-hydrogen) atoms. The van der Waals surface area contributed by atoms with E-state index in [-0.39, 0.29) is 11.7 Å². The van der Waals surface area contributed by atoms with E-state index in [9.17, 15) is 9.18 Å². The van der Waals surface area contributed by atoms with E-state index in [4.69, 9.17) is 4.74 Å². The number of anilines is 1. The zero-order chi connectivity index (χ0) is 14.8. The van der Waals surface area contributed by atoms with Crippen LogP contribution in [0.3, 0.4) is 0 Å². The molecular formula is C17H16FNO2. The molecule has 0 aliphatic carbocycles. The summed E-state index contributed by atoms with van der Waals surface area (Å²) in [6.45, 7) is 1.67. The first kappa shape index (κ1) is 13.6. The van der Waals surface area contributed by atoms with Crippen LogP contribution in [0.5, 0.6) is 5.75 Å². The minimum Gasteiger partial charge on any atom is -0.477 e. The van der Waals surface area contributed by atoms with Crippen LogP contribution in [0.4, 0.5) is 10.1 Å². The Morgan fingerprint density at radius 3 is 2.86 bits per heavy atom. The van der Waals surface area contributed by atoms with Gasteiger partial charge in [-0.3, -0.25) is 4.79 Å². The van der Waals surface area contributed by atoms with Gasteiger partial charge in [0.25, 0.3) is 5.91 Å². The highest BCUT2D eigenvalue weighted by atomic mass is 19.1. The van der Waals surface area contributed by atoms with E-state index in [0.29, 0.717) is 18.4 Å². The molecule has 1 unspecified atom stereocenters. The van der Waals surface area contributed by atoms with Crippen molar-refractivity contribution < 1.29 is 13.9 Å². The molecule has 0 bridgehead atoms. The van der Waals surface area contributed by atoms with Gasteiger partial charge in [-0.1, -0.05) is 30.3 Å². The molecule has 1 atom stereocenters. The Labute approximate surface area is 122 Å². The number of benzene rings is 2. The fraction of sp³-hybridized carbons (Fsp3) is 0.235. The topological polar surface area (TPSA) is 38.3 Å². The second-order valence-corrected chi connectivity index (χ2v) is 5.18. The molecule has 1 aliphatic rings. The van der Waals surface area contributed by atoms with Crippen LogP contribution in [0.1, 0.15) is 17.5 Å². The summed E-state index contributed by atoms with van der Waals surface area (Å²) >= 11 is 0. The zero-order valence-electron chi connectivity index (χ0n) is 11.7. The van der Waals surface area contributed by atoms with E-state index >= 15 is 0 Å². The number of para-hydroxylation sites is 1. The van der Waals surface area contributed by atoms with E-state index in [1.54, 1.807) is 25.1 Å². The van der Waals surface area contributed by atoms with Crippen LogP contribution in [0.25, 0.3) is 0 Å². The summed E-state index contributed by atoms with van der Waals surface area (Å²) in [5, 5.41) is 2.84. The quantitative estimate of drug-likeness (QED) is 0.917. The standard InChI is InChI=1S/C17H16FNO2/c1-11-5-4-8-14(16(11)18)21-15-10-9-12-6-2-3-7-13(12)19-17(15)20/h2-8,15H,9-10H2,1H3,(H,19,20). The number of halogens is 1. The monoisotopic (exact) mass is 285 g/mol. The van der Waals surface area contributed by atoms with Gasteiger partial charge in [-0.05, 0) is 43.0 Å². The highest BCUT2D eigenvalue weighted by molar-refractivity contribution is 5.95. The van der Waals surface area contributed by atoms with Gasteiger partial charge in [0.2, 0.25) is 0 Å². The Balaban J connectivity index is 1.82. The number of hydrogen-bond acceptors (Lipinski definition) is 2. The maximum absolute atomic E-state index is 14.0. The molecule has 0 fully saturated rings. The lowest BCUT2D eigenvalue weighted by Crippen LogP contribution is -2.32. The Morgan fingerprint density at radius 2 is 2.00 bits per heavy atom. The minimum absolute atomic E-state index is 0.126. The van der Waals surface area contributed by atoms with Gasteiger partial charge in [-0.2, -0.15) is 0 Å². The number of carbonyl (C=O) groups is 1. The van der Waals surface area contributed by atoms with Gasteiger partial charge in [0.05, 0.1) is 0 Å². The number of carbonyl (C=O) groups excluding carboxylic acids is 1. The zero-order valence-corrected chi connectivity index (χ0v) is 11.7. The number of amides is 1. The van der Waals surface area contributed by atoms with Crippen molar-refractivity contribution in [3.63, 3.8) is 0 Å². The van der Waals surface area contributed by atoms with Gasteiger partial charge in [0, 0.05) is 5.69 Å². The van der Waals surface area contributed by atoms with Crippen molar-refractivity contribution in [2.45, 2.75) is 25.9 Å². The summed E-state index contributed by atoms with van der Waals surface area (Å²) in [6.07, 6.45) is 0.553. The Kier molecular flexibility index (Phi) is 3.60. The molecule has 3 nitrogen and oxygen atoms in total. The van der Waals surface area contributed by atoms with Crippen LogP contribution in [0.15, 0.2) is 42.5 Å². The second kappa shape index (κ2) is 5.56. The molecule has 0 radical (unpaired) electrons. The van der Waals surface area contributed by atoms with Gasteiger partial charge in [-0.25, -0.2) is 4.39 Å². The fourth-order valence-corrected chi connectivity index (χ4v) is 2.47. The molecular weight excluding hydrogens is 269 g/mol. The first-order chi connectivity index (χ1) is 10.1. The third kappa shape index (κ3) is 2.75. The van der Waals surface area contributed by atoms with Crippen molar-refractivity contribution in [3.05, 3.63) is 59.4 Å². The minimum atomic E-state index is -0.686. The number of rotatable bonds is 2. The molecule has 0 aromatic heterocycles. The predicted molar refractivity (Wildman–Crippen MR) is 78.9 cm³/mol. The number of nitrogens with one attached hydrogen (secondary N) is 1. The first-order valence-corrected chi connectivity index (χ1v) is 6.95. The number of aryl methyl sites for hydroxylation is 2. The van der Waals surface area contributed by atoms with Crippen molar-refractivity contribution >= 4 is 11.6 Å². The molecule has 1 amide bonds. The Bertz CT molecular complexity index is 684. The lowest BCUT2D eigenvalue weighted by molar-refractivity contribution is -0.122. The van der Waals surface area contributed by atoms with Crippen molar-refractivity contribution in [2.24, 2.45) is 0 Å². The van der Waals surface area contributed by atoms with Crippen LogP contribution in [-0.4, -0.2) is 12.0 Å². The summed E-state index contributed by atoms with van der Waals surface area (Å²) in [5.74, 6) is -0.519. The summed E-state index contributed by atoms with van der Waals surface area (Å²) in [7, 11) is 0. The van der Waals surface area contributed by atoms with E-state index < -0.39 is 11.9 Å². The molecule has 0 spiro atoms. The van der Waals surface area contributed by atoms with Crippen LogP contribution >= 0.6 is 0 Å². The van der Waals surface area contributed by atoms with Gasteiger partial charge >= 0.3 is 0 Å². The molecule has 2 aromatic rings. The van der Waals surface area contributed by atoms with E-state index in [1.807, 2.05) is 24.3 Å². The lowest BCUT2D eigenvalue weighted by atomic mass is 10.1. The number of ether oxygens (including phenoxy) is 1. The largest absolute Gasteiger partial charge is 0.477 e. The van der Waals surface area contributed by atoms with Crippen molar-refractivity contribution in [1.29, 1.82) is 0 Å². The van der Waals surface area contributed by atoms with Crippen molar-refractivity contribution in [1.82, 2.24) is 0 Å². The molecule has 0 saturated carbocycles. The average Bonchev–Trinajstić information content (AvgIpc) is 2.63. The molecule has 2 aromatic carbocycles. The highest BCUT2D eigenvalue weighted by Crippen LogP contribution is 2.26. The molecule has 4 heteroatoms. The Hall–Kier alpha value is -2.36.